The average Bonchev–Trinajstić information content (AvgIpc) is 2.37. The summed E-state index contributed by atoms with van der Waals surface area (Å²) in [6.45, 7) is 1.94. The minimum Gasteiger partial charge on any atom is -0.493 e. The Balaban J connectivity index is 3.23. The minimum absolute atomic E-state index is 0.0673. The lowest BCUT2D eigenvalue weighted by Crippen LogP contribution is -2.34. The van der Waals surface area contributed by atoms with Crippen molar-refractivity contribution in [3.8, 4) is 5.75 Å². The van der Waals surface area contributed by atoms with Gasteiger partial charge < -0.3 is 20.7 Å². The maximum Gasteiger partial charge on any atom is 0.270 e. The number of nitrogens with zero attached hydrogens (tertiary/aromatic N) is 1. The van der Waals surface area contributed by atoms with Gasteiger partial charge in [0.2, 0.25) is 5.91 Å². The van der Waals surface area contributed by atoms with Gasteiger partial charge in [0, 0.05) is 17.7 Å². The van der Waals surface area contributed by atoms with Crippen LogP contribution in [0, 0.1) is 10.1 Å². The molecule has 4 N–H and O–H groups in total. The van der Waals surface area contributed by atoms with Crippen molar-refractivity contribution in [1.29, 1.82) is 0 Å². The fourth-order valence-electron chi connectivity index (χ4n) is 1.49. The normalized spacial score (nSPS) is 13.6. The second-order valence-corrected chi connectivity index (χ2v) is 3.70. The van der Waals surface area contributed by atoms with Crippen molar-refractivity contribution in [2.24, 2.45) is 5.73 Å². The highest BCUT2D eigenvalue weighted by atomic mass is 16.6. The topological polar surface area (TPSA) is 136 Å². The summed E-state index contributed by atoms with van der Waals surface area (Å²) in [6, 6.07) is 3.51. The monoisotopic (exact) mass is 270 g/mol. The van der Waals surface area contributed by atoms with Crippen LogP contribution >= 0.6 is 0 Å². The molecule has 104 valence electrons. The summed E-state index contributed by atoms with van der Waals surface area (Å²) in [5, 5.41) is 29.9. The Morgan fingerprint density at radius 2 is 2.16 bits per heavy atom. The molecule has 8 nitrogen and oxygen atoms in total. The van der Waals surface area contributed by atoms with E-state index >= 15 is 0 Å². The van der Waals surface area contributed by atoms with E-state index in [1.165, 1.54) is 12.1 Å². The van der Waals surface area contributed by atoms with Crippen molar-refractivity contribution in [2.45, 2.75) is 19.1 Å². The second-order valence-electron chi connectivity index (χ2n) is 3.70. The number of ether oxygens (including phenoxy) is 1. The van der Waals surface area contributed by atoms with Gasteiger partial charge in [0.05, 0.1) is 11.5 Å². The molecule has 0 saturated carbocycles. The summed E-state index contributed by atoms with van der Waals surface area (Å²) in [5.74, 6) is -0.998. The first kappa shape index (κ1) is 14.9. The molecule has 0 aliphatic carbocycles. The number of nitro groups is 1. The molecule has 19 heavy (non-hydrogen) atoms. The Bertz CT molecular complexity index is 490. The molecule has 0 spiro atoms. The highest BCUT2D eigenvalue weighted by molar-refractivity contribution is 5.79. The van der Waals surface area contributed by atoms with E-state index in [1.807, 2.05) is 0 Å². The molecule has 1 amide bonds. The number of hydrogen-bond acceptors (Lipinski definition) is 6. The van der Waals surface area contributed by atoms with Crippen molar-refractivity contribution in [3.05, 3.63) is 33.9 Å². The predicted molar refractivity (Wildman–Crippen MR) is 64.4 cm³/mol. The average molecular weight is 270 g/mol. The molecular formula is C11H14N2O6. The van der Waals surface area contributed by atoms with Crippen molar-refractivity contribution >= 4 is 11.6 Å². The van der Waals surface area contributed by atoms with Crippen molar-refractivity contribution in [1.82, 2.24) is 0 Å². The molecule has 2 atom stereocenters. The van der Waals surface area contributed by atoms with Crippen LogP contribution in [0.1, 0.15) is 18.6 Å². The molecule has 0 fully saturated rings. The van der Waals surface area contributed by atoms with Crippen molar-refractivity contribution in [2.75, 3.05) is 6.61 Å². The summed E-state index contributed by atoms with van der Waals surface area (Å²) in [6.07, 6.45) is -3.57. The van der Waals surface area contributed by atoms with E-state index in [2.05, 4.69) is 0 Å². The number of carbonyl (C=O) groups is 1. The second kappa shape index (κ2) is 6.12. The largest absolute Gasteiger partial charge is 0.493 e. The zero-order chi connectivity index (χ0) is 14.6. The van der Waals surface area contributed by atoms with Crippen LogP contribution in [0.2, 0.25) is 0 Å². The molecule has 0 radical (unpaired) electrons. The van der Waals surface area contributed by atoms with Gasteiger partial charge in [-0.05, 0) is 13.0 Å². The lowest BCUT2D eigenvalue weighted by Gasteiger charge is -2.18. The highest BCUT2D eigenvalue weighted by Crippen LogP contribution is 2.31. The maximum absolute atomic E-state index is 10.8. The summed E-state index contributed by atoms with van der Waals surface area (Å²) < 4.78 is 5.18. The lowest BCUT2D eigenvalue weighted by molar-refractivity contribution is -0.385. The van der Waals surface area contributed by atoms with E-state index in [0.29, 0.717) is 0 Å². The molecule has 8 heteroatoms. The number of aliphatic hydroxyl groups excluding tert-OH is 2. The first-order valence-electron chi connectivity index (χ1n) is 5.45. The van der Waals surface area contributed by atoms with E-state index in [4.69, 9.17) is 10.5 Å². The zero-order valence-corrected chi connectivity index (χ0v) is 10.1. The Labute approximate surface area is 108 Å². The van der Waals surface area contributed by atoms with Gasteiger partial charge >= 0.3 is 0 Å². The number of aliphatic hydroxyl groups is 2. The molecule has 2 unspecified atom stereocenters. The van der Waals surface area contributed by atoms with Gasteiger partial charge in [-0.25, -0.2) is 0 Å². The number of hydrogen-bond donors (Lipinski definition) is 3. The SMILES string of the molecule is CCOc1ccc([N+](=O)[O-])cc1C(O)C(O)C(N)=O. The van der Waals surface area contributed by atoms with Crippen LogP contribution in [0.3, 0.4) is 0 Å². The standard InChI is InChI=1S/C11H14N2O6/c1-2-19-8-4-3-6(13(17)18)5-7(8)9(14)10(15)11(12)16/h3-5,9-10,14-15H,2H2,1H3,(H2,12,16). The van der Waals surface area contributed by atoms with E-state index in [9.17, 15) is 25.1 Å². The van der Waals surface area contributed by atoms with E-state index < -0.39 is 23.0 Å². The zero-order valence-electron chi connectivity index (χ0n) is 10.1. The van der Waals surface area contributed by atoms with Gasteiger partial charge in [0.25, 0.3) is 5.69 Å². The molecule has 0 bridgehead atoms. The quantitative estimate of drug-likeness (QED) is 0.486. The summed E-state index contributed by atoms with van der Waals surface area (Å²) in [4.78, 5) is 20.9. The van der Waals surface area contributed by atoms with Crippen LogP contribution in [0.25, 0.3) is 0 Å². The van der Waals surface area contributed by atoms with Gasteiger partial charge in [-0.15, -0.1) is 0 Å². The first-order valence-corrected chi connectivity index (χ1v) is 5.45. The third kappa shape index (κ3) is 3.39. The molecule has 0 aliphatic heterocycles. The van der Waals surface area contributed by atoms with Crippen LogP contribution in [0.5, 0.6) is 5.75 Å². The van der Waals surface area contributed by atoms with E-state index in [1.54, 1.807) is 6.92 Å². The number of amides is 1. The highest BCUT2D eigenvalue weighted by Gasteiger charge is 2.27. The maximum atomic E-state index is 10.8. The first-order chi connectivity index (χ1) is 8.88. The number of non-ortho nitro benzene ring substituents is 1. The van der Waals surface area contributed by atoms with Crippen LogP contribution in [-0.4, -0.2) is 33.8 Å². The fraction of sp³-hybridized carbons (Fsp3) is 0.364. The van der Waals surface area contributed by atoms with Crippen LogP contribution in [0.4, 0.5) is 5.69 Å². The van der Waals surface area contributed by atoms with Crippen LogP contribution in [-0.2, 0) is 4.79 Å². The van der Waals surface area contributed by atoms with Gasteiger partial charge in [0.1, 0.15) is 11.9 Å². The molecule has 1 aromatic rings. The number of rotatable bonds is 6. The summed E-state index contributed by atoms with van der Waals surface area (Å²) in [5.41, 5.74) is 4.51. The molecule has 1 rings (SSSR count). The predicted octanol–water partition coefficient (Wildman–Crippen LogP) is -0.127. The van der Waals surface area contributed by atoms with Gasteiger partial charge in [-0.2, -0.15) is 0 Å². The van der Waals surface area contributed by atoms with E-state index in [-0.39, 0.29) is 23.6 Å². The molecule has 0 aromatic heterocycles. The summed E-state index contributed by atoms with van der Waals surface area (Å²) >= 11 is 0. The number of nitro benzene ring substituents is 1. The number of primary amides is 1. The summed E-state index contributed by atoms with van der Waals surface area (Å²) in [7, 11) is 0. The molecule has 0 saturated heterocycles. The molecule has 0 aliphatic rings. The van der Waals surface area contributed by atoms with Crippen LogP contribution in [0.15, 0.2) is 18.2 Å². The number of benzene rings is 1. The number of nitrogens with two attached hydrogens (primary N) is 1. The third-order valence-electron chi connectivity index (χ3n) is 2.41. The Kier molecular flexibility index (Phi) is 4.79. The van der Waals surface area contributed by atoms with E-state index in [0.717, 1.165) is 6.07 Å². The molecule has 1 aromatic carbocycles. The lowest BCUT2D eigenvalue weighted by atomic mass is 10.0. The van der Waals surface area contributed by atoms with Gasteiger partial charge in [0.15, 0.2) is 6.10 Å². The third-order valence-corrected chi connectivity index (χ3v) is 2.41. The molecular weight excluding hydrogens is 256 g/mol. The van der Waals surface area contributed by atoms with Crippen molar-refractivity contribution in [3.63, 3.8) is 0 Å². The Hall–Kier alpha value is -2.19. The van der Waals surface area contributed by atoms with Gasteiger partial charge in [-0.3, -0.25) is 14.9 Å². The smallest absolute Gasteiger partial charge is 0.270 e. The fourth-order valence-corrected chi connectivity index (χ4v) is 1.49. The van der Waals surface area contributed by atoms with Crippen LogP contribution < -0.4 is 10.5 Å². The Morgan fingerprint density at radius 3 is 2.63 bits per heavy atom. The number of carbonyl (C=O) groups excluding carboxylic acids is 1. The van der Waals surface area contributed by atoms with Gasteiger partial charge in [-0.1, -0.05) is 0 Å². The minimum atomic E-state index is -1.87. The molecule has 0 heterocycles. The van der Waals surface area contributed by atoms with Crippen molar-refractivity contribution < 1.29 is 24.7 Å². The Morgan fingerprint density at radius 1 is 1.53 bits per heavy atom.